The van der Waals surface area contributed by atoms with Crippen LogP contribution in [0.4, 0.5) is 0 Å². The molecule has 0 radical (unpaired) electrons. The maximum Gasteiger partial charge on any atom is 0.308 e. The fourth-order valence-electron chi connectivity index (χ4n) is 4.49. The van der Waals surface area contributed by atoms with E-state index in [9.17, 15) is 13.2 Å². The number of rotatable bonds is 5. The average molecular weight is 535 g/mol. The van der Waals surface area contributed by atoms with Crippen molar-refractivity contribution in [3.8, 4) is 16.1 Å². The second-order valence-electron chi connectivity index (χ2n) is 9.06. The summed E-state index contributed by atoms with van der Waals surface area (Å²) >= 11 is 1.65. The van der Waals surface area contributed by atoms with Crippen LogP contribution in [0.5, 0.6) is 0 Å². The molecule has 0 aliphatic carbocycles. The molecule has 0 fully saturated rings. The lowest BCUT2D eigenvalue weighted by atomic mass is 9.97. The van der Waals surface area contributed by atoms with Crippen LogP contribution >= 0.6 is 11.3 Å². The van der Waals surface area contributed by atoms with Crippen molar-refractivity contribution in [2.75, 3.05) is 13.4 Å². The minimum atomic E-state index is -3.31. The van der Waals surface area contributed by atoms with E-state index in [0.29, 0.717) is 5.82 Å². The third-order valence-electron chi connectivity index (χ3n) is 6.58. The number of fused-ring (bicyclic) bond motifs is 3. The molecule has 1 atom stereocenters. The van der Waals surface area contributed by atoms with Gasteiger partial charge in [0.25, 0.3) is 0 Å². The van der Waals surface area contributed by atoms with Crippen molar-refractivity contribution in [3.63, 3.8) is 0 Å². The van der Waals surface area contributed by atoms with Crippen LogP contribution in [0.1, 0.15) is 45.7 Å². The molecule has 37 heavy (non-hydrogen) atoms. The van der Waals surface area contributed by atoms with E-state index in [2.05, 4.69) is 24.0 Å². The molecule has 190 valence electrons. The van der Waals surface area contributed by atoms with Crippen LogP contribution in [0, 0.1) is 20.8 Å². The summed E-state index contributed by atoms with van der Waals surface area (Å²) in [5.41, 5.74) is 5.46. The Morgan fingerprint density at radius 1 is 1.03 bits per heavy atom. The smallest absolute Gasteiger partial charge is 0.308 e. The Bertz CT molecular complexity index is 1660. The first kappa shape index (κ1) is 25.0. The zero-order valence-corrected chi connectivity index (χ0v) is 22.8. The molecule has 3 heterocycles. The van der Waals surface area contributed by atoms with E-state index in [4.69, 9.17) is 9.73 Å². The van der Waals surface area contributed by atoms with Crippen LogP contribution in [0.25, 0.3) is 16.1 Å². The molecule has 1 aliphatic rings. The number of hydrogen-bond donors (Lipinski definition) is 0. The van der Waals surface area contributed by atoms with Gasteiger partial charge in [0, 0.05) is 22.3 Å². The minimum absolute atomic E-state index is 0.0431. The molecular weight excluding hydrogens is 508 g/mol. The molecule has 0 unspecified atom stereocenters. The zero-order valence-electron chi connectivity index (χ0n) is 21.1. The van der Waals surface area contributed by atoms with Crippen molar-refractivity contribution in [1.29, 1.82) is 0 Å². The Hall–Kier alpha value is -3.63. The molecule has 8 nitrogen and oxygen atoms in total. The van der Waals surface area contributed by atoms with Gasteiger partial charge in [0.05, 0.1) is 24.1 Å². The highest BCUT2D eigenvalue weighted by Gasteiger charge is 2.32. The number of aliphatic imine (C=N–C) groups is 1. The van der Waals surface area contributed by atoms with E-state index in [0.717, 1.165) is 49.2 Å². The van der Waals surface area contributed by atoms with Crippen LogP contribution in [0.2, 0.25) is 0 Å². The number of aryl methyl sites for hydroxylation is 2. The van der Waals surface area contributed by atoms with Gasteiger partial charge in [-0.05, 0) is 49.6 Å². The van der Waals surface area contributed by atoms with Gasteiger partial charge in [-0.15, -0.1) is 21.5 Å². The number of ether oxygens (including phenoxy) is 1. The summed E-state index contributed by atoms with van der Waals surface area (Å²) in [6.45, 7) is 6.05. The van der Waals surface area contributed by atoms with Crippen molar-refractivity contribution in [2.24, 2.45) is 4.99 Å². The summed E-state index contributed by atoms with van der Waals surface area (Å²) in [7, 11) is -1.95. The number of benzene rings is 2. The Morgan fingerprint density at radius 3 is 2.41 bits per heavy atom. The second-order valence-corrected chi connectivity index (χ2v) is 12.3. The molecule has 2 aromatic carbocycles. The van der Waals surface area contributed by atoms with Crippen LogP contribution in [0.15, 0.2) is 58.4 Å². The molecule has 1 aliphatic heterocycles. The van der Waals surface area contributed by atoms with E-state index in [-0.39, 0.29) is 17.3 Å². The highest BCUT2D eigenvalue weighted by atomic mass is 32.2. The molecule has 0 amide bonds. The number of carbonyl (C=O) groups is 1. The van der Waals surface area contributed by atoms with Gasteiger partial charge in [0.2, 0.25) is 0 Å². The molecule has 0 N–H and O–H groups in total. The van der Waals surface area contributed by atoms with Gasteiger partial charge in [-0.2, -0.15) is 0 Å². The first-order valence-corrected chi connectivity index (χ1v) is 14.4. The minimum Gasteiger partial charge on any atom is -0.469 e. The number of methoxy groups -OCH3 is 1. The van der Waals surface area contributed by atoms with Crippen molar-refractivity contribution >= 4 is 32.9 Å². The van der Waals surface area contributed by atoms with Crippen LogP contribution in [-0.4, -0.2) is 48.2 Å². The standard InChI is InChI=1S/C27H26N4O4S2/c1-15-16(2)36-27-24(15)25(28-22(14-23(32)35-4)26-30-29-17(3)31(26)27)19-11-9-18(10-12-19)20-7-6-8-21(13-20)37(5,33)34/h6-13,22H,14H2,1-5H3/t22-/m0/s1. The SMILES string of the molecule is COC(=O)C[C@@H]1N=C(c2ccc(-c3cccc(S(C)(=O)=O)c3)cc2)c2c(sc(C)c2C)-n2c(C)nnc21. The first-order valence-electron chi connectivity index (χ1n) is 11.7. The average Bonchev–Trinajstić information content (AvgIpc) is 3.35. The van der Waals surface area contributed by atoms with E-state index >= 15 is 0 Å². The normalized spacial score (nSPS) is 14.9. The second kappa shape index (κ2) is 9.35. The van der Waals surface area contributed by atoms with Gasteiger partial charge in [0.15, 0.2) is 15.7 Å². The molecule has 0 saturated heterocycles. The maximum absolute atomic E-state index is 12.3. The van der Waals surface area contributed by atoms with E-state index < -0.39 is 15.9 Å². The van der Waals surface area contributed by atoms with Gasteiger partial charge in [-0.3, -0.25) is 14.4 Å². The number of hydrogen-bond acceptors (Lipinski definition) is 8. The van der Waals surface area contributed by atoms with Gasteiger partial charge in [-0.1, -0.05) is 36.4 Å². The third-order valence-corrected chi connectivity index (χ3v) is 8.88. The number of nitrogens with zero attached hydrogens (tertiary/aromatic N) is 4. The maximum atomic E-state index is 12.3. The summed E-state index contributed by atoms with van der Waals surface area (Å²) in [5.74, 6) is 0.957. The number of esters is 1. The summed E-state index contributed by atoms with van der Waals surface area (Å²) in [6, 6.07) is 14.2. The fourth-order valence-corrected chi connectivity index (χ4v) is 6.37. The topological polar surface area (TPSA) is 104 Å². The summed E-state index contributed by atoms with van der Waals surface area (Å²) in [5, 5.41) is 9.65. The molecular formula is C27H26N4O4S2. The molecule has 2 aromatic heterocycles. The Kier molecular flexibility index (Phi) is 6.33. The highest BCUT2D eigenvalue weighted by Crippen LogP contribution is 2.39. The number of sulfone groups is 1. The Balaban J connectivity index is 1.65. The molecule has 0 saturated carbocycles. The van der Waals surface area contributed by atoms with Crippen molar-refractivity contribution in [1.82, 2.24) is 14.8 Å². The van der Waals surface area contributed by atoms with Crippen LogP contribution in [-0.2, 0) is 19.4 Å². The van der Waals surface area contributed by atoms with E-state index in [1.165, 1.54) is 13.4 Å². The summed E-state index contributed by atoms with van der Waals surface area (Å²) in [6.07, 6.45) is 1.25. The van der Waals surface area contributed by atoms with Gasteiger partial charge in [0.1, 0.15) is 16.9 Å². The number of carbonyl (C=O) groups excluding carboxylic acids is 1. The zero-order chi connectivity index (χ0) is 26.5. The molecule has 5 rings (SSSR count). The van der Waals surface area contributed by atoms with E-state index in [1.54, 1.807) is 29.5 Å². The van der Waals surface area contributed by atoms with Crippen LogP contribution < -0.4 is 0 Å². The van der Waals surface area contributed by atoms with Gasteiger partial charge in [-0.25, -0.2) is 8.42 Å². The first-order chi connectivity index (χ1) is 17.6. The highest BCUT2D eigenvalue weighted by molar-refractivity contribution is 7.90. The fraction of sp³-hybridized carbons (Fsp3) is 0.259. The van der Waals surface area contributed by atoms with E-state index in [1.807, 2.05) is 41.8 Å². The van der Waals surface area contributed by atoms with Crippen molar-refractivity contribution in [3.05, 3.63) is 81.7 Å². The quantitative estimate of drug-likeness (QED) is 0.342. The Morgan fingerprint density at radius 2 is 1.73 bits per heavy atom. The number of aromatic nitrogens is 3. The monoisotopic (exact) mass is 534 g/mol. The molecule has 10 heteroatoms. The van der Waals surface area contributed by atoms with Crippen LogP contribution in [0.3, 0.4) is 0 Å². The summed E-state index contributed by atoms with van der Waals surface area (Å²) < 4.78 is 31.0. The van der Waals surface area contributed by atoms with Gasteiger partial charge >= 0.3 is 5.97 Å². The molecule has 0 spiro atoms. The predicted octanol–water partition coefficient (Wildman–Crippen LogP) is 4.78. The Labute approximate surface area is 219 Å². The van der Waals surface area contributed by atoms with Crippen molar-refractivity contribution < 1.29 is 17.9 Å². The molecule has 0 bridgehead atoms. The summed E-state index contributed by atoms with van der Waals surface area (Å²) in [4.78, 5) is 18.8. The van der Waals surface area contributed by atoms with Gasteiger partial charge < -0.3 is 4.74 Å². The largest absolute Gasteiger partial charge is 0.469 e. The lowest BCUT2D eigenvalue weighted by Crippen LogP contribution is -2.12. The lowest BCUT2D eigenvalue weighted by Gasteiger charge is -2.12. The predicted molar refractivity (Wildman–Crippen MR) is 143 cm³/mol. The third kappa shape index (κ3) is 4.51. The van der Waals surface area contributed by atoms with Crippen molar-refractivity contribution in [2.45, 2.75) is 38.1 Å². The lowest BCUT2D eigenvalue weighted by molar-refractivity contribution is -0.141. The number of thiophene rings is 1. The molecule has 4 aromatic rings.